The van der Waals surface area contributed by atoms with Gasteiger partial charge in [0.25, 0.3) is 0 Å². The number of hydrogen-bond donors (Lipinski definition) is 3. The topological polar surface area (TPSA) is 89.2 Å². The monoisotopic (exact) mass is 290 g/mol. The highest BCUT2D eigenvalue weighted by Gasteiger charge is 2.46. The van der Waals surface area contributed by atoms with Crippen molar-refractivity contribution in [1.82, 2.24) is 0 Å². The third-order valence-corrected chi connectivity index (χ3v) is 4.10. The maximum absolute atomic E-state index is 12.3. The smallest absolute Gasteiger partial charge is 0.166 e. The minimum Gasteiger partial charge on any atom is -0.381 e. The standard InChI is InChI=1S/C14H15ClN4O/c15-11-5-7(1-4-12(11)18-8-2-3-8)13(20)9-6-10(9)14(16)19-17/h1,4-5,8-10,16-18H,2-3,6H2/t9?,10-/m0/s1. The zero-order valence-electron chi connectivity index (χ0n) is 10.8. The summed E-state index contributed by atoms with van der Waals surface area (Å²) in [5.41, 5.74) is 8.25. The van der Waals surface area contributed by atoms with Gasteiger partial charge in [0.2, 0.25) is 0 Å². The lowest BCUT2D eigenvalue weighted by atomic mass is 10.1. The second kappa shape index (κ2) is 4.98. The van der Waals surface area contributed by atoms with Crippen molar-refractivity contribution >= 4 is 28.9 Å². The van der Waals surface area contributed by atoms with Crippen molar-refractivity contribution in [2.24, 2.45) is 17.0 Å². The largest absolute Gasteiger partial charge is 0.381 e. The fourth-order valence-electron chi connectivity index (χ4n) is 2.32. The molecule has 2 aliphatic carbocycles. The molecule has 3 rings (SSSR count). The Bertz CT molecular complexity index is 597. The molecule has 104 valence electrons. The van der Waals surface area contributed by atoms with E-state index in [2.05, 4.69) is 10.4 Å². The van der Waals surface area contributed by atoms with Crippen molar-refractivity contribution < 1.29 is 4.79 Å². The Morgan fingerprint density at radius 2 is 2.10 bits per heavy atom. The summed E-state index contributed by atoms with van der Waals surface area (Å²) in [5, 5.41) is 14.4. The first-order valence-electron chi connectivity index (χ1n) is 6.66. The first-order valence-corrected chi connectivity index (χ1v) is 7.04. The summed E-state index contributed by atoms with van der Waals surface area (Å²) in [5.74, 6) is -0.428. The molecule has 1 unspecified atom stereocenters. The number of nitrogens with one attached hydrogen (secondary N) is 3. The van der Waals surface area contributed by atoms with Crippen molar-refractivity contribution in [3.8, 4) is 0 Å². The van der Waals surface area contributed by atoms with E-state index in [-0.39, 0.29) is 23.5 Å². The number of Topliss-reactive ketones (excluding diaryl/α,β-unsaturated/α-hetero) is 1. The average molecular weight is 291 g/mol. The van der Waals surface area contributed by atoms with E-state index in [0.717, 1.165) is 5.69 Å². The zero-order chi connectivity index (χ0) is 14.3. The normalized spacial score (nSPS) is 24.1. The molecule has 0 saturated heterocycles. The molecule has 2 saturated carbocycles. The molecular weight excluding hydrogens is 276 g/mol. The van der Waals surface area contributed by atoms with Crippen LogP contribution < -0.4 is 5.32 Å². The molecule has 6 heteroatoms. The van der Waals surface area contributed by atoms with Crippen LogP contribution in [0.3, 0.4) is 0 Å². The Morgan fingerprint density at radius 3 is 2.70 bits per heavy atom. The third-order valence-electron chi connectivity index (χ3n) is 3.79. The Morgan fingerprint density at radius 1 is 1.35 bits per heavy atom. The molecule has 2 fully saturated rings. The highest BCUT2D eigenvalue weighted by molar-refractivity contribution is 6.33. The van der Waals surface area contributed by atoms with Gasteiger partial charge in [0.1, 0.15) is 5.84 Å². The number of amidine groups is 1. The van der Waals surface area contributed by atoms with E-state index in [1.807, 2.05) is 6.07 Å². The van der Waals surface area contributed by atoms with Crippen LogP contribution in [0.15, 0.2) is 23.3 Å². The summed E-state index contributed by atoms with van der Waals surface area (Å²) in [6.45, 7) is 0. The van der Waals surface area contributed by atoms with Crippen molar-refractivity contribution in [3.63, 3.8) is 0 Å². The molecule has 0 heterocycles. The number of ketones is 1. The molecule has 3 N–H and O–H groups in total. The molecule has 2 atom stereocenters. The van der Waals surface area contributed by atoms with E-state index in [1.165, 1.54) is 12.8 Å². The lowest BCUT2D eigenvalue weighted by molar-refractivity contribution is 0.0964. The van der Waals surface area contributed by atoms with Crippen LogP contribution in [-0.2, 0) is 0 Å². The fraction of sp³-hybridized carbons (Fsp3) is 0.429. The summed E-state index contributed by atoms with van der Waals surface area (Å²) in [6, 6.07) is 5.81. The summed E-state index contributed by atoms with van der Waals surface area (Å²) in [6.07, 6.45) is 2.94. The number of benzene rings is 1. The van der Waals surface area contributed by atoms with Crippen LogP contribution >= 0.6 is 11.6 Å². The molecule has 5 nitrogen and oxygen atoms in total. The number of hydrogen-bond acceptors (Lipinski definition) is 4. The Balaban J connectivity index is 1.71. The van der Waals surface area contributed by atoms with Crippen LogP contribution in [0.25, 0.3) is 0 Å². The van der Waals surface area contributed by atoms with Crippen LogP contribution in [0.5, 0.6) is 0 Å². The fourth-order valence-corrected chi connectivity index (χ4v) is 2.55. The molecule has 0 aromatic heterocycles. The number of nitrogens with zero attached hydrogens (tertiary/aromatic N) is 1. The minimum absolute atomic E-state index is 0.0109. The van der Waals surface area contributed by atoms with Crippen molar-refractivity contribution in [2.45, 2.75) is 25.3 Å². The van der Waals surface area contributed by atoms with Crippen LogP contribution in [-0.4, -0.2) is 17.7 Å². The van der Waals surface area contributed by atoms with E-state index in [4.69, 9.17) is 22.5 Å². The van der Waals surface area contributed by atoms with Gasteiger partial charge in [0.15, 0.2) is 5.78 Å². The average Bonchev–Trinajstić information content (AvgIpc) is 3.33. The maximum Gasteiger partial charge on any atom is 0.166 e. The van der Waals surface area contributed by atoms with E-state index < -0.39 is 0 Å². The van der Waals surface area contributed by atoms with Crippen LogP contribution in [0.1, 0.15) is 29.6 Å². The predicted molar refractivity (Wildman–Crippen MR) is 76.9 cm³/mol. The molecule has 0 spiro atoms. The number of rotatable bonds is 5. The Labute approximate surface area is 121 Å². The number of halogens is 1. The van der Waals surface area contributed by atoms with Crippen molar-refractivity contribution in [2.75, 3.05) is 5.32 Å². The van der Waals surface area contributed by atoms with Crippen LogP contribution in [0.2, 0.25) is 5.02 Å². The Kier molecular flexibility index (Phi) is 3.30. The number of carbonyl (C=O) groups excluding carboxylic acids is 1. The SMILES string of the molecule is N=NC(=N)[C@H]1CC1C(=O)c1ccc(NC2CC2)c(Cl)c1. The highest BCUT2D eigenvalue weighted by Crippen LogP contribution is 2.42. The van der Waals surface area contributed by atoms with Gasteiger partial charge in [0, 0.05) is 23.4 Å². The predicted octanol–water partition coefficient (Wildman–Crippen LogP) is 3.74. The minimum atomic E-state index is -0.213. The second-order valence-corrected chi connectivity index (χ2v) is 5.83. The van der Waals surface area contributed by atoms with E-state index >= 15 is 0 Å². The highest BCUT2D eigenvalue weighted by atomic mass is 35.5. The summed E-state index contributed by atoms with van der Waals surface area (Å²) < 4.78 is 0. The van der Waals surface area contributed by atoms with Gasteiger partial charge < -0.3 is 5.32 Å². The van der Waals surface area contributed by atoms with Gasteiger partial charge in [-0.25, -0.2) is 5.53 Å². The van der Waals surface area contributed by atoms with Gasteiger partial charge in [-0.2, -0.15) is 0 Å². The molecule has 0 amide bonds. The van der Waals surface area contributed by atoms with Gasteiger partial charge in [-0.05, 0) is 37.5 Å². The molecule has 1 aromatic carbocycles. The van der Waals surface area contributed by atoms with Crippen molar-refractivity contribution in [3.05, 3.63) is 28.8 Å². The Hall–Kier alpha value is -1.75. The van der Waals surface area contributed by atoms with E-state index in [9.17, 15) is 4.79 Å². The first kappa shape index (κ1) is 13.2. The van der Waals surface area contributed by atoms with Crippen LogP contribution in [0, 0.1) is 22.8 Å². The lowest BCUT2D eigenvalue weighted by Gasteiger charge is -2.08. The van der Waals surface area contributed by atoms with E-state index in [0.29, 0.717) is 23.0 Å². The van der Waals surface area contributed by atoms with Gasteiger partial charge in [-0.3, -0.25) is 10.2 Å². The molecule has 2 aliphatic rings. The molecular formula is C14H15ClN4O. The van der Waals surface area contributed by atoms with Gasteiger partial charge in [-0.1, -0.05) is 11.6 Å². The van der Waals surface area contributed by atoms with Gasteiger partial charge in [0.05, 0.1) is 10.7 Å². The van der Waals surface area contributed by atoms with Crippen molar-refractivity contribution in [1.29, 1.82) is 10.9 Å². The molecule has 0 bridgehead atoms. The summed E-state index contributed by atoms with van der Waals surface area (Å²) in [7, 11) is 0. The van der Waals surface area contributed by atoms with Gasteiger partial charge >= 0.3 is 0 Å². The second-order valence-electron chi connectivity index (χ2n) is 5.42. The molecule has 20 heavy (non-hydrogen) atoms. The zero-order valence-corrected chi connectivity index (χ0v) is 11.6. The van der Waals surface area contributed by atoms with Crippen LogP contribution in [0.4, 0.5) is 5.69 Å². The number of carbonyl (C=O) groups is 1. The molecule has 0 radical (unpaired) electrons. The third kappa shape index (κ3) is 2.58. The maximum atomic E-state index is 12.3. The summed E-state index contributed by atoms with van der Waals surface area (Å²) in [4.78, 5) is 12.3. The lowest BCUT2D eigenvalue weighted by Crippen LogP contribution is -2.08. The first-order chi connectivity index (χ1) is 9.60. The quantitative estimate of drug-likeness (QED) is 0.334. The van der Waals surface area contributed by atoms with Gasteiger partial charge in [-0.15, -0.1) is 5.11 Å². The summed E-state index contributed by atoms with van der Waals surface area (Å²) >= 11 is 6.19. The molecule has 1 aromatic rings. The molecule has 0 aliphatic heterocycles. The number of anilines is 1. The van der Waals surface area contributed by atoms with E-state index in [1.54, 1.807) is 12.1 Å².